The lowest BCUT2D eigenvalue weighted by atomic mass is 10.0. The monoisotopic (exact) mass is 358 g/mol. The van der Waals surface area contributed by atoms with E-state index in [4.69, 9.17) is 17.3 Å². The summed E-state index contributed by atoms with van der Waals surface area (Å²) in [4.78, 5) is 0. The first-order valence-electron chi connectivity index (χ1n) is 4.93. The summed E-state index contributed by atoms with van der Waals surface area (Å²) in [5.41, 5.74) is 18.2. The highest BCUT2D eigenvalue weighted by atomic mass is 35.5. The lowest BCUT2D eigenvalue weighted by Crippen LogP contribution is -2.08. The molecule has 0 saturated carbocycles. The average Bonchev–Trinajstić information content (AvgIpc) is 2.30. The first-order chi connectivity index (χ1) is 7.70. The second-order valence-corrected chi connectivity index (χ2v) is 3.57. The van der Waals surface area contributed by atoms with Crippen LogP contribution in [0.4, 0.5) is 17.1 Å². The Morgan fingerprint density at radius 3 is 1.65 bits per heavy atom. The molecule has 20 heavy (non-hydrogen) atoms. The SMILES string of the molecule is Cl.Cl.Cl.Cl.NNc1ccc(-c2ccc(N)cc2)cc1N. The minimum Gasteiger partial charge on any atom is -0.399 e. The molecule has 0 aliphatic rings. The van der Waals surface area contributed by atoms with Gasteiger partial charge in [-0.1, -0.05) is 18.2 Å². The maximum atomic E-state index is 5.83. The topological polar surface area (TPSA) is 90.1 Å². The van der Waals surface area contributed by atoms with Crippen LogP contribution >= 0.6 is 49.6 Å². The zero-order valence-electron chi connectivity index (χ0n) is 10.4. The van der Waals surface area contributed by atoms with Crippen molar-refractivity contribution in [3.05, 3.63) is 42.5 Å². The van der Waals surface area contributed by atoms with Crippen LogP contribution in [-0.2, 0) is 0 Å². The lowest BCUT2D eigenvalue weighted by Gasteiger charge is -2.07. The fraction of sp³-hybridized carbons (Fsp3) is 0. The molecule has 8 heteroatoms. The number of hydrogen-bond donors (Lipinski definition) is 4. The molecule has 0 unspecified atom stereocenters. The summed E-state index contributed by atoms with van der Waals surface area (Å²) >= 11 is 0. The molecule has 0 bridgehead atoms. The summed E-state index contributed by atoms with van der Waals surface area (Å²) in [6.07, 6.45) is 0. The molecule has 2 rings (SSSR count). The van der Waals surface area contributed by atoms with Crippen molar-refractivity contribution >= 4 is 66.7 Å². The van der Waals surface area contributed by atoms with Crippen molar-refractivity contribution < 1.29 is 0 Å². The largest absolute Gasteiger partial charge is 0.399 e. The molecule has 0 atom stereocenters. The highest BCUT2D eigenvalue weighted by Gasteiger charge is 2.01. The van der Waals surface area contributed by atoms with Crippen LogP contribution in [-0.4, -0.2) is 0 Å². The van der Waals surface area contributed by atoms with E-state index in [-0.39, 0.29) is 49.6 Å². The van der Waals surface area contributed by atoms with E-state index >= 15 is 0 Å². The van der Waals surface area contributed by atoms with Gasteiger partial charge in [-0.2, -0.15) is 0 Å². The molecule has 0 aromatic heterocycles. The number of rotatable bonds is 2. The van der Waals surface area contributed by atoms with Gasteiger partial charge in [-0.05, 0) is 35.4 Å². The number of nitrogens with two attached hydrogens (primary N) is 3. The van der Waals surface area contributed by atoms with Crippen LogP contribution in [0.25, 0.3) is 11.1 Å². The van der Waals surface area contributed by atoms with Crippen LogP contribution in [0.3, 0.4) is 0 Å². The Balaban J connectivity index is -0.000000722. The standard InChI is InChI=1S/C12H14N4.4ClH/c13-10-4-1-8(2-5-10)9-3-6-12(16-15)11(14)7-9;;;;/h1-7,16H,13-15H2;4*1H. The minimum absolute atomic E-state index is 0. The maximum absolute atomic E-state index is 5.83. The van der Waals surface area contributed by atoms with Gasteiger partial charge in [0.15, 0.2) is 0 Å². The third-order valence-electron chi connectivity index (χ3n) is 2.45. The van der Waals surface area contributed by atoms with Gasteiger partial charge in [-0.3, -0.25) is 5.84 Å². The first-order valence-corrected chi connectivity index (χ1v) is 4.93. The fourth-order valence-electron chi connectivity index (χ4n) is 1.55. The Hall–Kier alpha value is -1.04. The number of nitrogens with one attached hydrogen (secondary N) is 1. The Kier molecular flexibility index (Phi) is 12.9. The van der Waals surface area contributed by atoms with E-state index in [1.807, 2.05) is 42.5 Å². The Morgan fingerprint density at radius 2 is 1.20 bits per heavy atom. The number of halogens is 4. The molecule has 0 spiro atoms. The average molecular weight is 360 g/mol. The predicted octanol–water partition coefficient (Wildman–Crippen LogP) is 3.49. The third kappa shape index (κ3) is 5.53. The second-order valence-electron chi connectivity index (χ2n) is 3.57. The Bertz CT molecular complexity index is 505. The summed E-state index contributed by atoms with van der Waals surface area (Å²) < 4.78 is 0. The third-order valence-corrected chi connectivity index (χ3v) is 2.45. The van der Waals surface area contributed by atoms with Crippen LogP contribution < -0.4 is 22.7 Å². The van der Waals surface area contributed by atoms with Gasteiger partial charge in [-0.25, -0.2) is 0 Å². The summed E-state index contributed by atoms with van der Waals surface area (Å²) in [5.74, 6) is 5.31. The normalized spacial score (nSPS) is 8.05. The van der Waals surface area contributed by atoms with Crippen molar-refractivity contribution in [2.75, 3.05) is 16.9 Å². The molecule has 4 nitrogen and oxygen atoms in total. The lowest BCUT2D eigenvalue weighted by molar-refractivity contribution is 1.35. The molecule has 0 amide bonds. The fourth-order valence-corrected chi connectivity index (χ4v) is 1.55. The summed E-state index contributed by atoms with van der Waals surface area (Å²) in [6, 6.07) is 13.3. The van der Waals surface area contributed by atoms with Gasteiger partial charge in [0.25, 0.3) is 0 Å². The molecule has 0 fully saturated rings. The van der Waals surface area contributed by atoms with Crippen molar-refractivity contribution in [2.24, 2.45) is 5.84 Å². The molecule has 7 N–H and O–H groups in total. The molecule has 0 heterocycles. The summed E-state index contributed by atoms with van der Waals surface area (Å²) in [5, 5.41) is 0. The van der Waals surface area contributed by atoms with Gasteiger partial charge in [0.05, 0.1) is 11.4 Å². The van der Waals surface area contributed by atoms with Crippen molar-refractivity contribution in [1.82, 2.24) is 0 Å². The van der Waals surface area contributed by atoms with E-state index in [1.165, 1.54) is 0 Å². The van der Waals surface area contributed by atoms with E-state index in [0.717, 1.165) is 22.5 Å². The second kappa shape index (κ2) is 10.7. The van der Waals surface area contributed by atoms with E-state index in [1.54, 1.807) is 0 Å². The molecule has 0 aliphatic heterocycles. The number of hydrazine groups is 1. The molecule has 2 aromatic rings. The van der Waals surface area contributed by atoms with Crippen molar-refractivity contribution in [3.63, 3.8) is 0 Å². The van der Waals surface area contributed by atoms with Gasteiger partial charge < -0.3 is 16.9 Å². The zero-order valence-corrected chi connectivity index (χ0v) is 13.7. The molecule has 0 aliphatic carbocycles. The Labute approximate surface area is 143 Å². The summed E-state index contributed by atoms with van der Waals surface area (Å²) in [6.45, 7) is 0. The molecular weight excluding hydrogens is 342 g/mol. The first kappa shape index (κ1) is 24.0. The molecule has 2 aromatic carbocycles. The zero-order chi connectivity index (χ0) is 11.5. The smallest absolute Gasteiger partial charge is 0.0716 e. The van der Waals surface area contributed by atoms with E-state index in [9.17, 15) is 0 Å². The van der Waals surface area contributed by atoms with E-state index in [2.05, 4.69) is 5.43 Å². The number of nitrogen functional groups attached to an aromatic ring is 3. The minimum atomic E-state index is 0. The molecule has 114 valence electrons. The Morgan fingerprint density at radius 1 is 0.700 bits per heavy atom. The van der Waals surface area contributed by atoms with Gasteiger partial charge in [0.1, 0.15) is 0 Å². The molecule has 0 saturated heterocycles. The maximum Gasteiger partial charge on any atom is 0.0716 e. The van der Waals surface area contributed by atoms with Crippen LogP contribution in [0.2, 0.25) is 0 Å². The van der Waals surface area contributed by atoms with Gasteiger partial charge >= 0.3 is 0 Å². The van der Waals surface area contributed by atoms with Crippen molar-refractivity contribution in [3.8, 4) is 11.1 Å². The van der Waals surface area contributed by atoms with E-state index in [0.29, 0.717) is 5.69 Å². The van der Waals surface area contributed by atoms with Crippen LogP contribution in [0.15, 0.2) is 42.5 Å². The van der Waals surface area contributed by atoms with Crippen LogP contribution in [0, 0.1) is 0 Å². The van der Waals surface area contributed by atoms with E-state index < -0.39 is 0 Å². The van der Waals surface area contributed by atoms with Gasteiger partial charge in [0, 0.05) is 5.69 Å². The highest BCUT2D eigenvalue weighted by molar-refractivity contribution is 5.86. The number of hydrogen-bond acceptors (Lipinski definition) is 4. The number of anilines is 3. The van der Waals surface area contributed by atoms with Gasteiger partial charge in [-0.15, -0.1) is 49.6 Å². The van der Waals surface area contributed by atoms with Crippen LogP contribution in [0.1, 0.15) is 0 Å². The van der Waals surface area contributed by atoms with Crippen molar-refractivity contribution in [1.29, 1.82) is 0 Å². The van der Waals surface area contributed by atoms with Gasteiger partial charge in [0.2, 0.25) is 0 Å². The molecular formula is C12H18Cl4N4. The predicted molar refractivity (Wildman–Crippen MR) is 97.5 cm³/mol. The van der Waals surface area contributed by atoms with Crippen molar-refractivity contribution in [2.45, 2.75) is 0 Å². The number of benzene rings is 2. The summed E-state index contributed by atoms with van der Waals surface area (Å²) in [7, 11) is 0. The highest BCUT2D eigenvalue weighted by Crippen LogP contribution is 2.26. The van der Waals surface area contributed by atoms with Crippen LogP contribution in [0.5, 0.6) is 0 Å². The quantitative estimate of drug-likeness (QED) is 0.375. The molecule has 0 radical (unpaired) electrons.